The van der Waals surface area contributed by atoms with Crippen LogP contribution in [0.3, 0.4) is 0 Å². The normalized spacial score (nSPS) is 20.5. The van der Waals surface area contributed by atoms with Crippen molar-refractivity contribution in [2.24, 2.45) is 0 Å². The predicted molar refractivity (Wildman–Crippen MR) is 89.8 cm³/mol. The van der Waals surface area contributed by atoms with E-state index in [0.717, 1.165) is 11.6 Å². The van der Waals surface area contributed by atoms with Crippen molar-refractivity contribution < 1.29 is 18.0 Å². The molecule has 2 aromatic carbocycles. The van der Waals surface area contributed by atoms with Crippen LogP contribution < -0.4 is 10.6 Å². The van der Waals surface area contributed by atoms with Crippen LogP contribution in [0, 0.1) is 0 Å². The number of rotatable bonds is 3. The molecule has 2 aromatic rings. The molecule has 1 amide bonds. The molecule has 2 N–H and O–H groups in total. The van der Waals surface area contributed by atoms with E-state index in [2.05, 4.69) is 10.6 Å². The lowest BCUT2D eigenvalue weighted by Gasteiger charge is -2.21. The molecule has 1 aliphatic heterocycles. The monoisotopic (exact) mass is 368 g/mol. The fraction of sp³-hybridized carbons (Fsp3) is 0.278. The lowest BCUT2D eigenvalue weighted by Crippen LogP contribution is -2.39. The van der Waals surface area contributed by atoms with E-state index in [-0.39, 0.29) is 17.5 Å². The summed E-state index contributed by atoms with van der Waals surface area (Å²) in [5.74, 6) is -0.555. The smallest absolute Gasteiger partial charge is 0.347 e. The Hall–Kier alpha value is -2.05. The quantitative estimate of drug-likeness (QED) is 0.864. The number of nitrogens with one attached hydrogen (secondary N) is 2. The van der Waals surface area contributed by atoms with E-state index in [1.165, 1.54) is 12.1 Å². The molecule has 1 heterocycles. The Balaban J connectivity index is 1.81. The molecule has 0 bridgehead atoms. The maximum atomic E-state index is 13.0. The Bertz CT molecular complexity index is 765. The summed E-state index contributed by atoms with van der Waals surface area (Å²) < 4.78 is 38.9. The molecule has 2 atom stereocenters. The van der Waals surface area contributed by atoms with Crippen molar-refractivity contribution in [2.75, 3.05) is 13.1 Å². The molecule has 0 aromatic heterocycles. The van der Waals surface area contributed by atoms with Gasteiger partial charge in [0.05, 0.1) is 16.1 Å². The molecule has 132 valence electrons. The largest absolute Gasteiger partial charge is 0.417 e. The molecule has 0 aliphatic carbocycles. The first-order valence-electron chi connectivity index (χ1n) is 7.80. The third kappa shape index (κ3) is 3.80. The Kier molecular flexibility index (Phi) is 5.01. The molecule has 3 rings (SSSR count). The summed E-state index contributed by atoms with van der Waals surface area (Å²) in [5.41, 5.74) is -0.117. The minimum atomic E-state index is -4.60. The van der Waals surface area contributed by atoms with Crippen LogP contribution in [0.5, 0.6) is 0 Å². The van der Waals surface area contributed by atoms with E-state index < -0.39 is 22.7 Å². The van der Waals surface area contributed by atoms with Crippen molar-refractivity contribution in [2.45, 2.75) is 18.1 Å². The lowest BCUT2D eigenvalue weighted by molar-refractivity contribution is -0.137. The minimum absolute atomic E-state index is 0.0507. The highest BCUT2D eigenvalue weighted by Gasteiger charge is 2.35. The van der Waals surface area contributed by atoms with Crippen molar-refractivity contribution in [3.8, 4) is 0 Å². The van der Waals surface area contributed by atoms with Gasteiger partial charge in [0.1, 0.15) is 0 Å². The van der Waals surface area contributed by atoms with Gasteiger partial charge in [-0.25, -0.2) is 0 Å². The number of hydrogen-bond acceptors (Lipinski definition) is 2. The van der Waals surface area contributed by atoms with Crippen LogP contribution in [-0.2, 0) is 6.18 Å². The summed E-state index contributed by atoms with van der Waals surface area (Å²) in [6, 6.07) is 12.8. The van der Waals surface area contributed by atoms with Crippen LogP contribution in [0.2, 0.25) is 5.02 Å². The van der Waals surface area contributed by atoms with E-state index in [9.17, 15) is 18.0 Å². The average Bonchev–Trinajstić information content (AvgIpc) is 3.02. The highest BCUT2D eigenvalue weighted by molar-refractivity contribution is 6.34. The highest BCUT2D eigenvalue weighted by atomic mass is 35.5. The molecule has 1 fully saturated rings. The zero-order valence-electron chi connectivity index (χ0n) is 13.1. The minimum Gasteiger partial charge on any atom is -0.347 e. The van der Waals surface area contributed by atoms with Gasteiger partial charge in [-0.3, -0.25) is 4.79 Å². The topological polar surface area (TPSA) is 41.1 Å². The summed E-state index contributed by atoms with van der Waals surface area (Å²) in [6.45, 7) is 1.23. The van der Waals surface area contributed by atoms with Crippen molar-refractivity contribution in [3.63, 3.8) is 0 Å². The van der Waals surface area contributed by atoms with Gasteiger partial charge >= 0.3 is 6.18 Å². The number of hydrogen-bond donors (Lipinski definition) is 2. The predicted octanol–water partition coefficient (Wildman–Crippen LogP) is 3.84. The van der Waals surface area contributed by atoms with Crippen molar-refractivity contribution in [3.05, 3.63) is 70.2 Å². The first-order valence-corrected chi connectivity index (χ1v) is 8.18. The van der Waals surface area contributed by atoms with Gasteiger partial charge in [0.25, 0.3) is 5.91 Å². The number of carbonyl (C=O) groups is 1. The fourth-order valence-electron chi connectivity index (χ4n) is 3.05. The first-order chi connectivity index (χ1) is 11.9. The van der Waals surface area contributed by atoms with Crippen LogP contribution in [0.25, 0.3) is 0 Å². The second-order valence-electron chi connectivity index (χ2n) is 5.92. The van der Waals surface area contributed by atoms with Crippen molar-refractivity contribution >= 4 is 17.5 Å². The van der Waals surface area contributed by atoms with Gasteiger partial charge in [-0.2, -0.15) is 13.2 Å². The highest BCUT2D eigenvalue weighted by Crippen LogP contribution is 2.36. The lowest BCUT2D eigenvalue weighted by atomic mass is 9.94. The molecule has 0 radical (unpaired) electrons. The third-order valence-electron chi connectivity index (χ3n) is 4.31. The van der Waals surface area contributed by atoms with Crippen LogP contribution in [0.4, 0.5) is 13.2 Å². The molecular formula is C18H16ClF3N2O. The summed E-state index contributed by atoms with van der Waals surface area (Å²) >= 11 is 5.83. The van der Waals surface area contributed by atoms with Gasteiger partial charge in [0.2, 0.25) is 0 Å². The number of alkyl halides is 3. The molecule has 0 saturated carbocycles. The first kappa shape index (κ1) is 17.8. The molecular weight excluding hydrogens is 353 g/mol. The molecule has 25 heavy (non-hydrogen) atoms. The Labute approximate surface area is 148 Å². The summed E-state index contributed by atoms with van der Waals surface area (Å²) in [5, 5.41) is 5.44. The van der Waals surface area contributed by atoms with E-state index in [1.54, 1.807) is 0 Å². The van der Waals surface area contributed by atoms with Crippen LogP contribution in [0.1, 0.15) is 27.4 Å². The third-order valence-corrected chi connectivity index (χ3v) is 4.71. The van der Waals surface area contributed by atoms with E-state index in [0.29, 0.717) is 13.1 Å². The summed E-state index contributed by atoms with van der Waals surface area (Å²) in [7, 11) is 0. The van der Waals surface area contributed by atoms with Crippen molar-refractivity contribution in [1.82, 2.24) is 10.6 Å². The Morgan fingerprint density at radius 3 is 2.48 bits per heavy atom. The van der Waals surface area contributed by atoms with E-state index in [4.69, 9.17) is 11.6 Å². The zero-order chi connectivity index (χ0) is 18.0. The molecule has 1 aliphatic rings. The SMILES string of the molecule is O=C(NC1CNCC1c1ccccc1)c1cccc(C(F)(F)F)c1Cl. The maximum Gasteiger partial charge on any atom is 0.417 e. The molecule has 7 heteroatoms. The van der Waals surface area contributed by atoms with Crippen LogP contribution in [0.15, 0.2) is 48.5 Å². The molecule has 1 saturated heterocycles. The number of carbonyl (C=O) groups excluding carboxylic acids is 1. The van der Waals surface area contributed by atoms with E-state index >= 15 is 0 Å². The summed E-state index contributed by atoms with van der Waals surface area (Å²) in [4.78, 5) is 12.5. The van der Waals surface area contributed by atoms with E-state index in [1.807, 2.05) is 30.3 Å². The second-order valence-corrected chi connectivity index (χ2v) is 6.30. The fourth-order valence-corrected chi connectivity index (χ4v) is 3.37. The van der Waals surface area contributed by atoms with Gasteiger partial charge < -0.3 is 10.6 Å². The van der Waals surface area contributed by atoms with Gasteiger partial charge in [-0.05, 0) is 17.7 Å². The average molecular weight is 369 g/mol. The van der Waals surface area contributed by atoms with Gasteiger partial charge in [-0.1, -0.05) is 48.0 Å². The van der Waals surface area contributed by atoms with Crippen molar-refractivity contribution in [1.29, 1.82) is 0 Å². The van der Waals surface area contributed by atoms with Crippen LogP contribution >= 0.6 is 11.6 Å². The Morgan fingerprint density at radius 1 is 1.08 bits per heavy atom. The number of benzene rings is 2. The van der Waals surface area contributed by atoms with Gasteiger partial charge in [0.15, 0.2) is 0 Å². The second kappa shape index (κ2) is 7.06. The molecule has 0 spiro atoms. The summed E-state index contributed by atoms with van der Waals surface area (Å²) in [6.07, 6.45) is -4.60. The number of amides is 1. The maximum absolute atomic E-state index is 13.0. The van der Waals surface area contributed by atoms with Crippen LogP contribution in [-0.4, -0.2) is 25.0 Å². The Morgan fingerprint density at radius 2 is 1.80 bits per heavy atom. The molecule has 3 nitrogen and oxygen atoms in total. The number of halogens is 4. The molecule has 2 unspecified atom stereocenters. The van der Waals surface area contributed by atoms with Gasteiger partial charge in [0, 0.05) is 25.0 Å². The zero-order valence-corrected chi connectivity index (χ0v) is 13.9. The standard InChI is InChI=1S/C18H16ClF3N2O/c19-16-12(7-4-8-14(16)18(20,21)22)17(25)24-15-10-23-9-13(15)11-5-2-1-3-6-11/h1-8,13,15,23H,9-10H2,(H,24,25). The van der Waals surface area contributed by atoms with Gasteiger partial charge in [-0.15, -0.1) is 0 Å².